The van der Waals surface area contributed by atoms with Crippen molar-refractivity contribution >= 4 is 0 Å². The summed E-state index contributed by atoms with van der Waals surface area (Å²) in [6.07, 6.45) is 11.0. The van der Waals surface area contributed by atoms with Gasteiger partial charge in [-0.2, -0.15) is 10.2 Å². The first kappa shape index (κ1) is 20.6. The summed E-state index contributed by atoms with van der Waals surface area (Å²) < 4.78 is 3.96. The van der Waals surface area contributed by atoms with Crippen molar-refractivity contribution in [3.8, 4) is 11.3 Å². The number of hydrogen-bond donors (Lipinski definition) is 2. The average molecular weight is 429 g/mol. The molecule has 0 spiro atoms. The van der Waals surface area contributed by atoms with Gasteiger partial charge in [0.15, 0.2) is 0 Å². The van der Waals surface area contributed by atoms with E-state index in [4.69, 9.17) is 5.10 Å². The molecule has 0 aliphatic heterocycles. The Labute approximate surface area is 187 Å². The molecule has 7 heteroatoms. The molecule has 0 bridgehead atoms. The van der Waals surface area contributed by atoms with Gasteiger partial charge in [0, 0.05) is 53.6 Å². The van der Waals surface area contributed by atoms with Crippen LogP contribution in [0.3, 0.4) is 0 Å². The van der Waals surface area contributed by atoms with E-state index in [2.05, 4.69) is 51.9 Å². The van der Waals surface area contributed by atoms with Crippen LogP contribution in [-0.4, -0.2) is 36.3 Å². The van der Waals surface area contributed by atoms with E-state index in [1.54, 1.807) is 6.20 Å². The molecule has 2 N–H and O–H groups in total. The zero-order valence-corrected chi connectivity index (χ0v) is 18.1. The molecule has 7 nitrogen and oxygen atoms in total. The van der Waals surface area contributed by atoms with Crippen molar-refractivity contribution in [3.63, 3.8) is 0 Å². The minimum Gasteiger partial charge on any atom is -0.394 e. The summed E-state index contributed by atoms with van der Waals surface area (Å²) in [5, 5.41) is 22.5. The fourth-order valence-corrected chi connectivity index (χ4v) is 4.54. The third-order valence-electron chi connectivity index (χ3n) is 6.07. The molecule has 164 valence electrons. The predicted molar refractivity (Wildman–Crippen MR) is 123 cm³/mol. The van der Waals surface area contributed by atoms with Gasteiger partial charge < -0.3 is 10.4 Å². The molecule has 0 amide bonds. The Morgan fingerprint density at radius 1 is 1.09 bits per heavy atom. The number of aromatic nitrogens is 5. The van der Waals surface area contributed by atoms with Gasteiger partial charge >= 0.3 is 0 Å². The van der Waals surface area contributed by atoms with Crippen LogP contribution in [0.15, 0.2) is 67.3 Å². The zero-order valence-electron chi connectivity index (χ0n) is 18.1. The Hall–Kier alpha value is -3.29. The summed E-state index contributed by atoms with van der Waals surface area (Å²) >= 11 is 0. The van der Waals surface area contributed by atoms with Gasteiger partial charge in [-0.3, -0.25) is 14.3 Å². The lowest BCUT2D eigenvalue weighted by atomic mass is 9.92. The second-order valence-electron chi connectivity index (χ2n) is 8.25. The van der Waals surface area contributed by atoms with Gasteiger partial charge in [0.2, 0.25) is 0 Å². The highest BCUT2D eigenvalue weighted by molar-refractivity contribution is 5.61. The van der Waals surface area contributed by atoms with E-state index >= 15 is 0 Å². The summed E-state index contributed by atoms with van der Waals surface area (Å²) in [4.78, 5) is 4.29. The van der Waals surface area contributed by atoms with Crippen LogP contribution >= 0.6 is 0 Å². The number of hydrogen-bond acceptors (Lipinski definition) is 5. The highest BCUT2D eigenvalue weighted by Gasteiger charge is 2.24. The molecular weight excluding hydrogens is 400 g/mol. The van der Waals surface area contributed by atoms with Crippen molar-refractivity contribution in [1.29, 1.82) is 0 Å². The van der Waals surface area contributed by atoms with Crippen LogP contribution in [0.1, 0.15) is 41.3 Å². The Balaban J connectivity index is 1.38. The van der Waals surface area contributed by atoms with Gasteiger partial charge in [0.25, 0.3) is 0 Å². The van der Waals surface area contributed by atoms with Crippen LogP contribution in [0.2, 0.25) is 0 Å². The van der Waals surface area contributed by atoms with Crippen molar-refractivity contribution in [2.75, 3.05) is 6.61 Å². The van der Waals surface area contributed by atoms with Crippen LogP contribution in [0.25, 0.3) is 11.3 Å². The summed E-state index contributed by atoms with van der Waals surface area (Å²) in [6.45, 7) is 2.12. The maximum Gasteiger partial charge on any atom is 0.0983 e. The smallest absolute Gasteiger partial charge is 0.0983 e. The van der Waals surface area contributed by atoms with Gasteiger partial charge in [-0.25, -0.2) is 0 Å². The number of pyridine rings is 1. The fourth-order valence-electron chi connectivity index (χ4n) is 4.54. The van der Waals surface area contributed by atoms with Crippen molar-refractivity contribution in [2.24, 2.45) is 0 Å². The first-order valence-electron chi connectivity index (χ1n) is 11.2. The third-order valence-corrected chi connectivity index (χ3v) is 6.07. The van der Waals surface area contributed by atoms with E-state index in [-0.39, 0.29) is 12.6 Å². The molecular formula is C25H28N6O. The van der Waals surface area contributed by atoms with E-state index in [1.807, 2.05) is 33.9 Å². The third kappa shape index (κ3) is 4.35. The van der Waals surface area contributed by atoms with E-state index in [1.165, 1.54) is 16.8 Å². The van der Waals surface area contributed by atoms with Crippen LogP contribution in [-0.2, 0) is 26.1 Å². The number of fused-ring (bicyclic) bond motifs is 1. The second kappa shape index (κ2) is 9.46. The highest BCUT2D eigenvalue weighted by Crippen LogP contribution is 2.30. The van der Waals surface area contributed by atoms with Gasteiger partial charge in [0.05, 0.1) is 31.6 Å². The number of nitrogens with one attached hydrogen (secondary N) is 1. The Morgan fingerprint density at radius 3 is 2.81 bits per heavy atom. The normalized spacial score (nSPS) is 15.6. The maximum atomic E-state index is 9.31. The summed E-state index contributed by atoms with van der Waals surface area (Å²) in [5.74, 6) is 0. The van der Waals surface area contributed by atoms with Gasteiger partial charge in [0.1, 0.15) is 0 Å². The van der Waals surface area contributed by atoms with E-state index in [9.17, 15) is 5.11 Å². The number of aliphatic hydroxyl groups excluding tert-OH is 1. The van der Waals surface area contributed by atoms with Crippen LogP contribution in [0.4, 0.5) is 0 Å². The lowest BCUT2D eigenvalue weighted by molar-refractivity contribution is 0.266. The molecule has 1 aromatic carbocycles. The SMILES string of the molecule is OCCn1ncc2c1CCC[C@H]2NCc1cn(Cc2ccccc2)nc1-c1cccnc1. The van der Waals surface area contributed by atoms with Crippen molar-refractivity contribution in [2.45, 2.75) is 44.9 Å². The predicted octanol–water partition coefficient (Wildman–Crippen LogP) is 3.35. The first-order valence-corrected chi connectivity index (χ1v) is 11.2. The molecule has 1 aliphatic rings. The van der Waals surface area contributed by atoms with Crippen LogP contribution in [0.5, 0.6) is 0 Å². The minimum atomic E-state index is 0.112. The summed E-state index contributed by atoms with van der Waals surface area (Å²) in [7, 11) is 0. The second-order valence-corrected chi connectivity index (χ2v) is 8.25. The van der Waals surface area contributed by atoms with Crippen molar-refractivity contribution in [1.82, 2.24) is 29.9 Å². The number of aliphatic hydroxyl groups is 1. The van der Waals surface area contributed by atoms with E-state index in [0.29, 0.717) is 13.1 Å². The number of rotatable bonds is 8. The Kier molecular flexibility index (Phi) is 6.09. The first-order chi connectivity index (χ1) is 15.8. The largest absolute Gasteiger partial charge is 0.394 e. The molecule has 0 saturated carbocycles. The lowest BCUT2D eigenvalue weighted by Gasteiger charge is -2.24. The van der Waals surface area contributed by atoms with Crippen molar-refractivity contribution < 1.29 is 5.11 Å². The molecule has 4 aromatic rings. The standard InChI is InChI=1S/C25H28N6O/c32-13-12-31-24-10-4-9-23(22(24)16-28-31)27-15-21-18-30(17-19-6-2-1-3-7-19)29-25(21)20-8-5-11-26-14-20/h1-3,5-8,11,14,16,18,23,27,32H,4,9-10,12-13,15,17H2/t23-/m1/s1. The molecule has 32 heavy (non-hydrogen) atoms. The van der Waals surface area contributed by atoms with Crippen molar-refractivity contribution in [3.05, 3.63) is 89.6 Å². The Bertz CT molecular complexity index is 1150. The highest BCUT2D eigenvalue weighted by atomic mass is 16.3. The maximum absolute atomic E-state index is 9.31. The average Bonchev–Trinajstić information content (AvgIpc) is 3.44. The molecule has 3 heterocycles. The van der Waals surface area contributed by atoms with E-state index < -0.39 is 0 Å². The molecule has 5 rings (SSSR count). The molecule has 1 atom stereocenters. The van der Waals surface area contributed by atoms with Crippen LogP contribution in [0, 0.1) is 0 Å². The molecule has 0 radical (unpaired) electrons. The monoisotopic (exact) mass is 428 g/mol. The summed E-state index contributed by atoms with van der Waals surface area (Å²) in [6, 6.07) is 14.7. The molecule has 0 saturated heterocycles. The van der Waals surface area contributed by atoms with Gasteiger partial charge in [-0.1, -0.05) is 30.3 Å². The lowest BCUT2D eigenvalue weighted by Crippen LogP contribution is -2.25. The number of benzene rings is 1. The quantitative estimate of drug-likeness (QED) is 0.450. The summed E-state index contributed by atoms with van der Waals surface area (Å²) in [5.41, 5.74) is 6.87. The van der Waals surface area contributed by atoms with E-state index in [0.717, 1.165) is 42.6 Å². The molecule has 0 fully saturated rings. The zero-order chi connectivity index (χ0) is 21.8. The van der Waals surface area contributed by atoms with Gasteiger partial charge in [-0.05, 0) is 37.0 Å². The van der Waals surface area contributed by atoms with Gasteiger partial charge in [-0.15, -0.1) is 0 Å². The fraction of sp³-hybridized carbons (Fsp3) is 0.320. The molecule has 3 aromatic heterocycles. The molecule has 1 aliphatic carbocycles. The Morgan fingerprint density at radius 2 is 2.00 bits per heavy atom. The topological polar surface area (TPSA) is 80.8 Å². The number of nitrogens with zero attached hydrogens (tertiary/aromatic N) is 5. The minimum absolute atomic E-state index is 0.112. The molecule has 0 unspecified atom stereocenters. The van der Waals surface area contributed by atoms with Crippen LogP contribution < -0.4 is 5.32 Å².